The Hall–Kier alpha value is -1.47. The molecule has 0 saturated carbocycles. The number of aryl methyl sites for hydroxylation is 2. The fraction of sp³-hybridized carbons (Fsp3) is 0.294. The van der Waals surface area contributed by atoms with Crippen LogP contribution in [0, 0.1) is 6.92 Å². The first-order chi connectivity index (χ1) is 9.13. The van der Waals surface area contributed by atoms with Crippen LogP contribution in [0.3, 0.4) is 0 Å². The van der Waals surface area contributed by atoms with Crippen molar-refractivity contribution >= 4 is 17.3 Å². The van der Waals surface area contributed by atoms with Crippen LogP contribution in [0.4, 0.5) is 5.69 Å². The van der Waals surface area contributed by atoms with Gasteiger partial charge in [-0.3, -0.25) is 0 Å². The summed E-state index contributed by atoms with van der Waals surface area (Å²) in [6.45, 7) is 4.34. The molecule has 1 N–H and O–H groups in total. The lowest BCUT2D eigenvalue weighted by molar-refractivity contribution is 0.706. The molecule has 0 heterocycles. The molecule has 1 nitrogen and oxygen atoms in total. The zero-order valence-corrected chi connectivity index (χ0v) is 12.2. The van der Waals surface area contributed by atoms with Crippen molar-refractivity contribution < 1.29 is 0 Å². The average molecular weight is 274 g/mol. The van der Waals surface area contributed by atoms with E-state index in [1.807, 2.05) is 18.2 Å². The van der Waals surface area contributed by atoms with E-state index in [0.29, 0.717) is 6.04 Å². The molecule has 0 aliphatic heterocycles. The number of halogens is 1. The Bertz CT molecular complexity index is 536. The number of hydrogen-bond donors (Lipinski definition) is 1. The van der Waals surface area contributed by atoms with E-state index < -0.39 is 0 Å². The SMILES string of the molecule is Cc1cccc(CCC(C)Nc2cccc(Cl)c2)c1. The Morgan fingerprint density at radius 1 is 1.11 bits per heavy atom. The molecule has 0 amide bonds. The predicted octanol–water partition coefficient (Wildman–Crippen LogP) is 5.08. The van der Waals surface area contributed by atoms with Crippen LogP contribution in [-0.2, 0) is 6.42 Å². The molecule has 1 unspecified atom stereocenters. The van der Waals surface area contributed by atoms with E-state index >= 15 is 0 Å². The van der Waals surface area contributed by atoms with Gasteiger partial charge in [-0.05, 0) is 50.5 Å². The van der Waals surface area contributed by atoms with Gasteiger partial charge in [0.2, 0.25) is 0 Å². The third-order valence-electron chi connectivity index (χ3n) is 3.19. The van der Waals surface area contributed by atoms with Gasteiger partial charge in [-0.15, -0.1) is 0 Å². The van der Waals surface area contributed by atoms with E-state index in [9.17, 15) is 0 Å². The zero-order chi connectivity index (χ0) is 13.7. The molecule has 0 fully saturated rings. The van der Waals surface area contributed by atoms with Crippen LogP contribution >= 0.6 is 11.6 Å². The van der Waals surface area contributed by atoms with Crippen molar-refractivity contribution in [2.24, 2.45) is 0 Å². The maximum atomic E-state index is 5.98. The van der Waals surface area contributed by atoms with E-state index in [0.717, 1.165) is 23.6 Å². The van der Waals surface area contributed by atoms with Gasteiger partial charge in [0.1, 0.15) is 0 Å². The summed E-state index contributed by atoms with van der Waals surface area (Å²) in [5.41, 5.74) is 3.82. The highest BCUT2D eigenvalue weighted by Gasteiger charge is 2.03. The summed E-state index contributed by atoms with van der Waals surface area (Å²) in [6.07, 6.45) is 2.20. The van der Waals surface area contributed by atoms with Crippen molar-refractivity contribution in [1.29, 1.82) is 0 Å². The van der Waals surface area contributed by atoms with Crippen LogP contribution in [0.15, 0.2) is 48.5 Å². The van der Waals surface area contributed by atoms with Gasteiger partial charge < -0.3 is 5.32 Å². The van der Waals surface area contributed by atoms with Crippen molar-refractivity contribution in [3.8, 4) is 0 Å². The summed E-state index contributed by atoms with van der Waals surface area (Å²) in [4.78, 5) is 0. The molecule has 0 aliphatic rings. The second-order valence-corrected chi connectivity index (χ2v) is 5.52. The molecule has 0 radical (unpaired) electrons. The molecule has 2 aromatic rings. The molecule has 0 aliphatic carbocycles. The molecule has 2 heteroatoms. The molecule has 1 atom stereocenters. The van der Waals surface area contributed by atoms with Crippen LogP contribution in [-0.4, -0.2) is 6.04 Å². The van der Waals surface area contributed by atoms with Gasteiger partial charge in [0.25, 0.3) is 0 Å². The smallest absolute Gasteiger partial charge is 0.0426 e. The highest BCUT2D eigenvalue weighted by Crippen LogP contribution is 2.17. The molecule has 19 heavy (non-hydrogen) atoms. The monoisotopic (exact) mass is 273 g/mol. The third kappa shape index (κ3) is 4.60. The quantitative estimate of drug-likeness (QED) is 0.801. The van der Waals surface area contributed by atoms with E-state index in [1.54, 1.807) is 0 Å². The molecule has 2 rings (SSSR count). The minimum atomic E-state index is 0.430. The van der Waals surface area contributed by atoms with Gasteiger partial charge in [-0.25, -0.2) is 0 Å². The van der Waals surface area contributed by atoms with Gasteiger partial charge in [0.15, 0.2) is 0 Å². The molecule has 100 valence electrons. The summed E-state index contributed by atoms with van der Waals surface area (Å²) in [6, 6.07) is 17.0. The van der Waals surface area contributed by atoms with E-state index in [1.165, 1.54) is 11.1 Å². The maximum absolute atomic E-state index is 5.98. The van der Waals surface area contributed by atoms with Crippen LogP contribution in [0.1, 0.15) is 24.5 Å². The Morgan fingerprint density at radius 3 is 2.63 bits per heavy atom. The van der Waals surface area contributed by atoms with E-state index in [2.05, 4.69) is 49.5 Å². The number of nitrogens with one attached hydrogen (secondary N) is 1. The lowest BCUT2D eigenvalue weighted by atomic mass is 10.0. The first-order valence-corrected chi connectivity index (χ1v) is 7.09. The van der Waals surface area contributed by atoms with Gasteiger partial charge in [-0.1, -0.05) is 47.5 Å². The molecule has 0 saturated heterocycles. The third-order valence-corrected chi connectivity index (χ3v) is 3.42. The van der Waals surface area contributed by atoms with Crippen molar-refractivity contribution in [2.45, 2.75) is 32.7 Å². The Kier molecular flexibility index (Phi) is 4.86. The molecular weight excluding hydrogens is 254 g/mol. The Morgan fingerprint density at radius 2 is 1.89 bits per heavy atom. The van der Waals surface area contributed by atoms with E-state index in [-0.39, 0.29) is 0 Å². The molecule has 0 spiro atoms. The normalized spacial score (nSPS) is 12.2. The fourth-order valence-electron chi connectivity index (χ4n) is 2.19. The summed E-state index contributed by atoms with van der Waals surface area (Å²) in [5.74, 6) is 0. The summed E-state index contributed by atoms with van der Waals surface area (Å²) < 4.78 is 0. The molecule has 2 aromatic carbocycles. The van der Waals surface area contributed by atoms with Crippen molar-refractivity contribution in [1.82, 2.24) is 0 Å². The molecule has 0 bridgehead atoms. The summed E-state index contributed by atoms with van der Waals surface area (Å²) >= 11 is 5.98. The lowest BCUT2D eigenvalue weighted by Gasteiger charge is -2.15. The van der Waals surface area contributed by atoms with Crippen molar-refractivity contribution in [3.63, 3.8) is 0 Å². The summed E-state index contributed by atoms with van der Waals surface area (Å²) in [5, 5.41) is 4.26. The van der Waals surface area contributed by atoms with Gasteiger partial charge in [-0.2, -0.15) is 0 Å². The minimum Gasteiger partial charge on any atom is -0.383 e. The largest absolute Gasteiger partial charge is 0.383 e. The van der Waals surface area contributed by atoms with Gasteiger partial charge >= 0.3 is 0 Å². The van der Waals surface area contributed by atoms with Crippen LogP contribution in [0.2, 0.25) is 5.02 Å². The number of hydrogen-bond acceptors (Lipinski definition) is 1. The first kappa shape index (κ1) is 14.0. The second kappa shape index (κ2) is 6.63. The number of benzene rings is 2. The summed E-state index contributed by atoms with van der Waals surface area (Å²) in [7, 11) is 0. The second-order valence-electron chi connectivity index (χ2n) is 5.08. The Labute approximate surface area is 120 Å². The standard InChI is InChI=1S/C17H20ClN/c1-13-5-3-6-15(11-13)10-9-14(2)19-17-8-4-7-16(18)12-17/h3-8,11-12,14,19H,9-10H2,1-2H3. The predicted molar refractivity (Wildman–Crippen MR) is 84.0 cm³/mol. The first-order valence-electron chi connectivity index (χ1n) is 6.71. The van der Waals surface area contributed by atoms with Crippen molar-refractivity contribution in [2.75, 3.05) is 5.32 Å². The van der Waals surface area contributed by atoms with Crippen LogP contribution < -0.4 is 5.32 Å². The van der Waals surface area contributed by atoms with Gasteiger partial charge in [0.05, 0.1) is 0 Å². The number of anilines is 1. The molecule has 0 aromatic heterocycles. The van der Waals surface area contributed by atoms with Crippen LogP contribution in [0.25, 0.3) is 0 Å². The average Bonchev–Trinajstić information content (AvgIpc) is 2.36. The fourth-order valence-corrected chi connectivity index (χ4v) is 2.38. The van der Waals surface area contributed by atoms with E-state index in [4.69, 9.17) is 11.6 Å². The molecular formula is C17H20ClN. The topological polar surface area (TPSA) is 12.0 Å². The van der Waals surface area contributed by atoms with Crippen molar-refractivity contribution in [3.05, 3.63) is 64.7 Å². The lowest BCUT2D eigenvalue weighted by Crippen LogP contribution is -2.15. The minimum absolute atomic E-state index is 0.430. The highest BCUT2D eigenvalue weighted by atomic mass is 35.5. The maximum Gasteiger partial charge on any atom is 0.0426 e. The Balaban J connectivity index is 1.86. The zero-order valence-electron chi connectivity index (χ0n) is 11.5. The van der Waals surface area contributed by atoms with Crippen LogP contribution in [0.5, 0.6) is 0 Å². The highest BCUT2D eigenvalue weighted by molar-refractivity contribution is 6.30. The number of rotatable bonds is 5. The van der Waals surface area contributed by atoms with Gasteiger partial charge in [0, 0.05) is 16.8 Å².